The Hall–Kier alpha value is -2.22. The predicted molar refractivity (Wildman–Crippen MR) is 86.0 cm³/mol. The van der Waals surface area contributed by atoms with Gasteiger partial charge in [-0.1, -0.05) is 49.1 Å². The van der Waals surface area contributed by atoms with Crippen LogP contribution in [-0.2, 0) is 6.42 Å². The number of hydrogen-bond acceptors (Lipinski definition) is 0. The molecule has 3 rings (SSSR count). The van der Waals surface area contributed by atoms with Gasteiger partial charge < -0.3 is 0 Å². The van der Waals surface area contributed by atoms with Crippen molar-refractivity contribution in [3.05, 3.63) is 71.0 Å². The molecular weight excluding hydrogens is 240 g/mol. The van der Waals surface area contributed by atoms with E-state index >= 15 is 0 Å². The Balaban J connectivity index is 2.25. The Kier molecular flexibility index (Phi) is 3.73. The second-order valence-corrected chi connectivity index (χ2v) is 5.20. The highest BCUT2D eigenvalue weighted by atomic mass is 14.2. The number of allylic oxidation sites excluding steroid dienone is 5. The zero-order valence-corrected chi connectivity index (χ0v) is 11.7. The molecule has 0 spiro atoms. The highest BCUT2D eigenvalue weighted by molar-refractivity contribution is 5.85. The van der Waals surface area contributed by atoms with Crippen molar-refractivity contribution in [1.82, 2.24) is 0 Å². The van der Waals surface area contributed by atoms with Gasteiger partial charge in [-0.25, -0.2) is 0 Å². The van der Waals surface area contributed by atoms with Gasteiger partial charge in [-0.05, 0) is 43.7 Å². The summed E-state index contributed by atoms with van der Waals surface area (Å²) in [4.78, 5) is 0. The zero-order valence-electron chi connectivity index (χ0n) is 11.7. The summed E-state index contributed by atoms with van der Waals surface area (Å²) >= 11 is 0. The van der Waals surface area contributed by atoms with Crippen LogP contribution in [-0.4, -0.2) is 0 Å². The van der Waals surface area contributed by atoms with Crippen LogP contribution >= 0.6 is 0 Å². The molecule has 0 N–H and O–H groups in total. The third-order valence-electron chi connectivity index (χ3n) is 3.83. The van der Waals surface area contributed by atoms with Crippen LogP contribution in [0.25, 0.3) is 17.7 Å². The second-order valence-electron chi connectivity index (χ2n) is 5.20. The lowest BCUT2D eigenvalue weighted by Crippen LogP contribution is -2.00. The molecule has 0 saturated carbocycles. The maximum atomic E-state index is 3.87. The summed E-state index contributed by atoms with van der Waals surface area (Å²) < 4.78 is 0. The molecule has 0 heterocycles. The molecule has 1 aromatic rings. The third kappa shape index (κ3) is 2.42. The number of rotatable bonds is 0. The van der Waals surface area contributed by atoms with E-state index in [0.717, 1.165) is 36.8 Å². The van der Waals surface area contributed by atoms with E-state index in [0.29, 0.717) is 0 Å². The van der Waals surface area contributed by atoms with Gasteiger partial charge in [0.05, 0.1) is 0 Å². The minimum atomic E-state index is 1.05. The van der Waals surface area contributed by atoms with E-state index in [-0.39, 0.29) is 0 Å². The van der Waals surface area contributed by atoms with Crippen LogP contribution in [0.2, 0.25) is 0 Å². The van der Waals surface area contributed by atoms with Gasteiger partial charge in [0, 0.05) is 22.3 Å². The molecule has 0 aromatic heterocycles. The highest BCUT2D eigenvalue weighted by Crippen LogP contribution is 2.30. The fourth-order valence-corrected chi connectivity index (χ4v) is 2.78. The summed E-state index contributed by atoms with van der Waals surface area (Å²) in [6.07, 6.45) is 18.8. The van der Waals surface area contributed by atoms with E-state index in [9.17, 15) is 0 Å². The van der Waals surface area contributed by atoms with E-state index in [1.807, 2.05) is 0 Å². The normalized spacial score (nSPS) is 20.1. The van der Waals surface area contributed by atoms with Crippen LogP contribution in [0.3, 0.4) is 0 Å². The summed E-state index contributed by atoms with van der Waals surface area (Å²) in [5, 5.41) is 0. The van der Waals surface area contributed by atoms with Gasteiger partial charge >= 0.3 is 0 Å². The molecule has 0 aliphatic heterocycles. The van der Waals surface area contributed by atoms with Crippen molar-refractivity contribution in [2.45, 2.75) is 32.1 Å². The van der Waals surface area contributed by atoms with Crippen LogP contribution < -0.4 is 0 Å². The Morgan fingerprint density at radius 1 is 0.950 bits per heavy atom. The van der Waals surface area contributed by atoms with E-state index in [2.05, 4.69) is 60.9 Å². The molecule has 0 atom stereocenters. The molecule has 20 heavy (non-hydrogen) atoms. The highest BCUT2D eigenvalue weighted by Gasteiger charge is 2.14. The summed E-state index contributed by atoms with van der Waals surface area (Å²) in [5.74, 6) is 0. The molecule has 0 radical (unpaired) electrons. The molecule has 0 heteroatoms. The largest absolute Gasteiger partial charge is 0.120 e. The predicted octanol–water partition coefficient (Wildman–Crippen LogP) is 5.17. The Morgan fingerprint density at radius 2 is 1.75 bits per heavy atom. The fraction of sp³-hybridized carbons (Fsp3) is 0.250. The van der Waals surface area contributed by atoms with Gasteiger partial charge in [-0.15, -0.1) is 5.73 Å². The Morgan fingerprint density at radius 3 is 2.60 bits per heavy atom. The maximum absolute atomic E-state index is 3.87. The van der Waals surface area contributed by atoms with Gasteiger partial charge in [0.1, 0.15) is 0 Å². The molecule has 0 fully saturated rings. The first-order valence-electron chi connectivity index (χ1n) is 7.30. The van der Waals surface area contributed by atoms with Crippen molar-refractivity contribution in [3.8, 4) is 0 Å². The van der Waals surface area contributed by atoms with Crippen molar-refractivity contribution in [1.29, 1.82) is 0 Å². The minimum absolute atomic E-state index is 1.05. The smallest absolute Gasteiger partial charge is 0.0336 e. The summed E-state index contributed by atoms with van der Waals surface area (Å²) in [5.41, 5.74) is 9.02. The zero-order chi connectivity index (χ0) is 13.8. The fourth-order valence-electron chi connectivity index (χ4n) is 2.78. The van der Waals surface area contributed by atoms with Crippen LogP contribution in [0.1, 0.15) is 47.9 Å². The van der Waals surface area contributed by atoms with E-state index < -0.39 is 0 Å². The molecule has 0 amide bonds. The lowest BCUT2D eigenvalue weighted by Gasteiger charge is -2.15. The first-order valence-corrected chi connectivity index (χ1v) is 7.30. The number of hydrogen-bond donors (Lipinski definition) is 0. The van der Waals surface area contributed by atoms with Crippen molar-refractivity contribution in [2.75, 3.05) is 0 Å². The van der Waals surface area contributed by atoms with Crippen molar-refractivity contribution in [2.24, 2.45) is 0 Å². The van der Waals surface area contributed by atoms with Crippen LogP contribution in [0, 0.1) is 12.1 Å². The van der Waals surface area contributed by atoms with Gasteiger partial charge in [-0.3, -0.25) is 0 Å². The quantitative estimate of drug-likeness (QED) is 0.563. The Bertz CT molecular complexity index is 647. The summed E-state index contributed by atoms with van der Waals surface area (Å²) in [6, 6.07) is 6.66. The first-order chi connectivity index (χ1) is 9.90. The molecule has 0 nitrogen and oxygen atoms in total. The lowest BCUT2D eigenvalue weighted by molar-refractivity contribution is 0.870. The molecule has 1 aromatic carbocycles. The number of fused-ring (bicyclic) bond motifs is 3. The molecular formula is C20H18. The molecule has 0 unspecified atom stereocenters. The van der Waals surface area contributed by atoms with Crippen molar-refractivity contribution >= 4 is 17.7 Å². The average Bonchev–Trinajstić information content (AvgIpc) is 2.51. The van der Waals surface area contributed by atoms with Crippen LogP contribution in [0.5, 0.6) is 0 Å². The second kappa shape index (κ2) is 5.83. The maximum Gasteiger partial charge on any atom is 0.0336 e. The van der Waals surface area contributed by atoms with Gasteiger partial charge in [0.25, 0.3) is 0 Å². The van der Waals surface area contributed by atoms with Gasteiger partial charge in [-0.2, -0.15) is 0 Å². The first kappa shape index (κ1) is 12.8. The van der Waals surface area contributed by atoms with E-state index in [1.165, 1.54) is 23.1 Å². The standard InChI is InChI=1S/C20H18/c1-2-16-10-6-4-3-5-7-12-18-15-14-17-11-8-9-13-19(17)20(16)18/h6-7,9-10,12-13H,1,3-5,8,11H2/b10-6-,12-7-. The Labute approximate surface area is 121 Å². The average molecular weight is 258 g/mol. The molecule has 2 aliphatic rings. The summed E-state index contributed by atoms with van der Waals surface area (Å²) in [7, 11) is 0. The topological polar surface area (TPSA) is 0 Å². The minimum Gasteiger partial charge on any atom is -0.120 e. The van der Waals surface area contributed by atoms with Crippen molar-refractivity contribution in [3.63, 3.8) is 0 Å². The third-order valence-corrected chi connectivity index (χ3v) is 3.83. The molecule has 0 bridgehead atoms. The van der Waals surface area contributed by atoms with Gasteiger partial charge in [0.15, 0.2) is 0 Å². The SMILES string of the molecule is C=C=C1/C=C\CCC/C=C\c2c#cc3c(c21)C=CCC3. The monoisotopic (exact) mass is 258 g/mol. The lowest BCUT2D eigenvalue weighted by atomic mass is 9.87. The molecule has 2 aliphatic carbocycles. The molecule has 0 saturated heterocycles. The van der Waals surface area contributed by atoms with E-state index in [1.54, 1.807) is 0 Å². The van der Waals surface area contributed by atoms with Crippen LogP contribution in [0.15, 0.2) is 36.6 Å². The van der Waals surface area contributed by atoms with E-state index in [4.69, 9.17) is 0 Å². The molecule has 98 valence electrons. The van der Waals surface area contributed by atoms with Gasteiger partial charge in [0.2, 0.25) is 0 Å². The van der Waals surface area contributed by atoms with Crippen LogP contribution in [0.4, 0.5) is 0 Å². The summed E-state index contributed by atoms with van der Waals surface area (Å²) in [6.45, 7) is 3.87. The van der Waals surface area contributed by atoms with Crippen molar-refractivity contribution < 1.29 is 0 Å².